The van der Waals surface area contributed by atoms with Gasteiger partial charge in [0, 0.05) is 18.0 Å². The van der Waals surface area contributed by atoms with E-state index in [1.165, 1.54) is 32.1 Å². The molecule has 0 bridgehead atoms. The number of nitrogens with one attached hydrogen (secondary N) is 1. The van der Waals surface area contributed by atoms with Crippen molar-refractivity contribution in [3.05, 3.63) is 46.3 Å². The fourth-order valence-corrected chi connectivity index (χ4v) is 3.55. The number of rotatable bonds is 6. The summed E-state index contributed by atoms with van der Waals surface area (Å²) in [7, 11) is 2.16. The van der Waals surface area contributed by atoms with Gasteiger partial charge in [-0.15, -0.1) is 0 Å². The van der Waals surface area contributed by atoms with Crippen molar-refractivity contribution in [1.82, 2.24) is 10.2 Å². The summed E-state index contributed by atoms with van der Waals surface area (Å²) in [5.41, 5.74) is -0.0204. The first-order chi connectivity index (χ1) is 12.1. The van der Waals surface area contributed by atoms with Crippen molar-refractivity contribution in [2.75, 3.05) is 20.1 Å². The van der Waals surface area contributed by atoms with Crippen LogP contribution in [0.2, 0.25) is 0 Å². The van der Waals surface area contributed by atoms with E-state index in [0.717, 1.165) is 18.4 Å². The molecule has 25 heavy (non-hydrogen) atoms. The summed E-state index contributed by atoms with van der Waals surface area (Å²) in [6.07, 6.45) is 7.43. The Labute approximate surface area is 148 Å². The zero-order valence-electron chi connectivity index (χ0n) is 14.8. The summed E-state index contributed by atoms with van der Waals surface area (Å²) in [5, 5.41) is 3.59. The molecule has 0 saturated heterocycles. The van der Waals surface area contributed by atoms with E-state index in [9.17, 15) is 9.59 Å². The van der Waals surface area contributed by atoms with Gasteiger partial charge in [0.25, 0.3) is 5.91 Å². The largest absolute Gasteiger partial charge is 0.422 e. The average Bonchev–Trinajstić information content (AvgIpc) is 2.65. The van der Waals surface area contributed by atoms with E-state index in [0.29, 0.717) is 18.2 Å². The predicted molar refractivity (Wildman–Crippen MR) is 98.9 cm³/mol. The molecule has 1 N–H and O–H groups in total. The second kappa shape index (κ2) is 8.30. The fraction of sp³-hybridized carbons (Fsp3) is 0.500. The van der Waals surface area contributed by atoms with Gasteiger partial charge in [-0.05, 0) is 45.0 Å². The predicted octanol–water partition coefficient (Wildman–Crippen LogP) is 3.18. The molecule has 0 spiro atoms. The Morgan fingerprint density at radius 1 is 1.24 bits per heavy atom. The van der Waals surface area contributed by atoms with E-state index in [1.54, 1.807) is 18.2 Å². The Morgan fingerprint density at radius 3 is 2.80 bits per heavy atom. The van der Waals surface area contributed by atoms with Crippen LogP contribution in [0.15, 0.2) is 39.5 Å². The number of hydrogen-bond acceptors (Lipinski definition) is 4. The summed E-state index contributed by atoms with van der Waals surface area (Å²) < 4.78 is 5.21. The maximum atomic E-state index is 12.3. The van der Waals surface area contributed by atoms with E-state index >= 15 is 0 Å². The molecule has 0 aliphatic heterocycles. The smallest absolute Gasteiger partial charge is 0.349 e. The molecular formula is C20H26N2O3. The van der Waals surface area contributed by atoms with Gasteiger partial charge in [-0.25, -0.2) is 4.79 Å². The first-order valence-electron chi connectivity index (χ1n) is 9.16. The first kappa shape index (κ1) is 17.7. The third-order valence-corrected chi connectivity index (χ3v) is 5.06. The molecule has 2 aromatic rings. The second-order valence-electron chi connectivity index (χ2n) is 6.87. The number of amides is 1. The number of para-hydroxylation sites is 1. The SMILES string of the molecule is CN(CCCNC(=O)c1cc2ccccc2oc1=O)C1CCCCC1. The van der Waals surface area contributed by atoms with Gasteiger partial charge in [-0.1, -0.05) is 37.5 Å². The van der Waals surface area contributed by atoms with Crippen molar-refractivity contribution in [3.63, 3.8) is 0 Å². The van der Waals surface area contributed by atoms with Crippen LogP contribution in [-0.4, -0.2) is 37.0 Å². The number of carbonyl (C=O) groups is 1. The van der Waals surface area contributed by atoms with Gasteiger partial charge in [0.05, 0.1) is 0 Å². The van der Waals surface area contributed by atoms with Crippen LogP contribution in [0, 0.1) is 0 Å². The molecular weight excluding hydrogens is 316 g/mol. The Balaban J connectivity index is 1.51. The van der Waals surface area contributed by atoms with Crippen LogP contribution in [0.4, 0.5) is 0 Å². The van der Waals surface area contributed by atoms with Crippen molar-refractivity contribution in [3.8, 4) is 0 Å². The molecule has 1 saturated carbocycles. The minimum atomic E-state index is -0.587. The number of benzene rings is 1. The molecule has 0 atom stereocenters. The fourth-order valence-electron chi connectivity index (χ4n) is 3.55. The van der Waals surface area contributed by atoms with E-state index in [4.69, 9.17) is 4.42 Å². The van der Waals surface area contributed by atoms with Crippen LogP contribution in [0.25, 0.3) is 11.0 Å². The topological polar surface area (TPSA) is 62.6 Å². The lowest BCUT2D eigenvalue weighted by Crippen LogP contribution is -2.36. The minimum Gasteiger partial charge on any atom is -0.422 e. The third-order valence-electron chi connectivity index (χ3n) is 5.06. The van der Waals surface area contributed by atoms with E-state index in [1.807, 2.05) is 12.1 Å². The summed E-state index contributed by atoms with van der Waals surface area (Å²) in [6, 6.07) is 9.48. The second-order valence-corrected chi connectivity index (χ2v) is 6.87. The Morgan fingerprint density at radius 2 is 2.00 bits per heavy atom. The van der Waals surface area contributed by atoms with Crippen LogP contribution < -0.4 is 10.9 Å². The minimum absolute atomic E-state index is 0.0688. The molecule has 1 aromatic heterocycles. The maximum absolute atomic E-state index is 12.3. The Kier molecular flexibility index (Phi) is 5.87. The Bertz CT molecular complexity index is 778. The van der Waals surface area contributed by atoms with Crippen molar-refractivity contribution in [1.29, 1.82) is 0 Å². The van der Waals surface area contributed by atoms with Crippen LogP contribution in [-0.2, 0) is 0 Å². The zero-order chi connectivity index (χ0) is 17.6. The normalized spacial score (nSPS) is 15.6. The molecule has 1 aliphatic carbocycles. The molecule has 0 radical (unpaired) electrons. The summed E-state index contributed by atoms with van der Waals surface area (Å²) in [5.74, 6) is -0.361. The van der Waals surface area contributed by atoms with E-state index < -0.39 is 5.63 Å². The quantitative estimate of drug-likeness (QED) is 0.647. The number of hydrogen-bond donors (Lipinski definition) is 1. The lowest BCUT2D eigenvalue weighted by Gasteiger charge is -2.31. The molecule has 0 unspecified atom stereocenters. The Hall–Kier alpha value is -2.14. The highest BCUT2D eigenvalue weighted by molar-refractivity contribution is 5.96. The van der Waals surface area contributed by atoms with Crippen LogP contribution in [0.3, 0.4) is 0 Å². The summed E-state index contributed by atoms with van der Waals surface area (Å²) >= 11 is 0. The van der Waals surface area contributed by atoms with Crippen molar-refractivity contribution in [2.24, 2.45) is 0 Å². The van der Waals surface area contributed by atoms with Gasteiger partial charge in [0.15, 0.2) is 0 Å². The van der Waals surface area contributed by atoms with Gasteiger partial charge >= 0.3 is 5.63 Å². The summed E-state index contributed by atoms with van der Waals surface area (Å²) in [6.45, 7) is 1.51. The van der Waals surface area contributed by atoms with Gasteiger partial charge in [-0.3, -0.25) is 4.79 Å². The van der Waals surface area contributed by atoms with Crippen molar-refractivity contribution in [2.45, 2.75) is 44.6 Å². The van der Waals surface area contributed by atoms with E-state index in [2.05, 4.69) is 17.3 Å². The molecule has 5 heteroatoms. The molecule has 1 amide bonds. The van der Waals surface area contributed by atoms with Crippen LogP contribution in [0.1, 0.15) is 48.9 Å². The molecule has 134 valence electrons. The molecule has 1 aliphatic rings. The van der Waals surface area contributed by atoms with Crippen LogP contribution in [0.5, 0.6) is 0 Å². The highest BCUT2D eigenvalue weighted by Crippen LogP contribution is 2.21. The van der Waals surface area contributed by atoms with Crippen LogP contribution >= 0.6 is 0 Å². The van der Waals surface area contributed by atoms with Gasteiger partial charge in [-0.2, -0.15) is 0 Å². The number of fused-ring (bicyclic) bond motifs is 1. The van der Waals surface area contributed by atoms with Gasteiger partial charge in [0.1, 0.15) is 11.1 Å². The third kappa shape index (κ3) is 4.48. The van der Waals surface area contributed by atoms with Crippen molar-refractivity contribution >= 4 is 16.9 Å². The molecule has 5 nitrogen and oxygen atoms in total. The lowest BCUT2D eigenvalue weighted by molar-refractivity contribution is 0.0947. The molecule has 1 aromatic carbocycles. The maximum Gasteiger partial charge on any atom is 0.349 e. The lowest BCUT2D eigenvalue weighted by atomic mass is 9.94. The zero-order valence-corrected chi connectivity index (χ0v) is 14.8. The highest BCUT2D eigenvalue weighted by Gasteiger charge is 2.17. The molecule has 1 fully saturated rings. The van der Waals surface area contributed by atoms with E-state index in [-0.39, 0.29) is 11.5 Å². The summed E-state index contributed by atoms with van der Waals surface area (Å²) in [4.78, 5) is 26.7. The van der Waals surface area contributed by atoms with Gasteiger partial charge in [0.2, 0.25) is 0 Å². The first-order valence-corrected chi connectivity index (χ1v) is 9.16. The molecule has 1 heterocycles. The molecule has 3 rings (SSSR count). The number of carbonyl (C=O) groups excluding carboxylic acids is 1. The highest BCUT2D eigenvalue weighted by atomic mass is 16.4. The number of nitrogens with zero attached hydrogens (tertiary/aromatic N) is 1. The van der Waals surface area contributed by atoms with Gasteiger partial charge < -0.3 is 14.6 Å². The average molecular weight is 342 g/mol. The monoisotopic (exact) mass is 342 g/mol. The standard InChI is InChI=1S/C20H26N2O3/c1-22(16-9-3-2-4-10-16)13-7-12-21-19(23)17-14-15-8-5-6-11-18(15)25-20(17)24/h5-6,8,11,14,16H,2-4,7,9-10,12-13H2,1H3,(H,21,23). The van der Waals surface area contributed by atoms with Crippen molar-refractivity contribution < 1.29 is 9.21 Å².